The molecule has 3 aromatic carbocycles. The maximum atomic E-state index is 11.7. The summed E-state index contributed by atoms with van der Waals surface area (Å²) in [5.41, 5.74) is 0. The average molecular weight is 244 g/mol. The number of rotatable bonds is 0. The summed E-state index contributed by atoms with van der Waals surface area (Å²) in [5, 5.41) is 7.16. The minimum Gasteiger partial charge on any atom is -0.294 e. The summed E-state index contributed by atoms with van der Waals surface area (Å²) in [7, 11) is 0. The van der Waals surface area contributed by atoms with E-state index in [1.54, 1.807) is 6.08 Å². The SMILES string of the molecule is O=C1C=c2c(c3ccccc3c3ccccc23)=CC1. The predicted molar refractivity (Wildman–Crippen MR) is 79.3 cm³/mol. The highest BCUT2D eigenvalue weighted by Crippen LogP contribution is 2.20. The van der Waals surface area contributed by atoms with Crippen molar-refractivity contribution in [1.29, 1.82) is 0 Å². The summed E-state index contributed by atoms with van der Waals surface area (Å²) in [5.74, 6) is 0.188. The second-order valence-electron chi connectivity index (χ2n) is 4.94. The topological polar surface area (TPSA) is 17.1 Å². The molecular formula is C18H12O. The van der Waals surface area contributed by atoms with E-state index in [2.05, 4.69) is 48.5 Å². The Morgan fingerprint density at radius 3 is 1.84 bits per heavy atom. The fourth-order valence-electron chi connectivity index (χ4n) is 2.99. The first-order valence-corrected chi connectivity index (χ1v) is 6.49. The van der Waals surface area contributed by atoms with Gasteiger partial charge in [-0.15, -0.1) is 0 Å². The van der Waals surface area contributed by atoms with Crippen LogP contribution in [0.5, 0.6) is 0 Å². The molecule has 4 rings (SSSR count). The van der Waals surface area contributed by atoms with Crippen molar-refractivity contribution in [1.82, 2.24) is 0 Å². The molecule has 0 unspecified atom stereocenters. The Labute approximate surface area is 110 Å². The van der Waals surface area contributed by atoms with Gasteiger partial charge in [-0.2, -0.15) is 0 Å². The van der Waals surface area contributed by atoms with Crippen LogP contribution in [0, 0.1) is 0 Å². The number of carbonyl (C=O) groups is 1. The Morgan fingerprint density at radius 2 is 1.21 bits per heavy atom. The Balaban J connectivity index is 2.44. The highest BCUT2D eigenvalue weighted by Gasteiger charge is 2.09. The Hall–Kier alpha value is -2.41. The maximum Gasteiger partial charge on any atom is 0.160 e. The van der Waals surface area contributed by atoms with E-state index in [9.17, 15) is 4.79 Å². The summed E-state index contributed by atoms with van der Waals surface area (Å²) in [6.07, 6.45) is 4.37. The standard InChI is InChI=1S/C18H12O/c19-12-9-10-17-15-7-2-1-5-13(15)14-6-3-4-8-16(14)18(17)11-12/h1-8,10-11H,9H2. The first kappa shape index (κ1) is 10.5. The minimum atomic E-state index is 0.188. The summed E-state index contributed by atoms with van der Waals surface area (Å²) >= 11 is 0. The smallest absolute Gasteiger partial charge is 0.160 e. The van der Waals surface area contributed by atoms with Crippen LogP contribution in [0.25, 0.3) is 33.7 Å². The minimum absolute atomic E-state index is 0.188. The van der Waals surface area contributed by atoms with Crippen LogP contribution in [0.3, 0.4) is 0 Å². The molecule has 0 saturated heterocycles. The molecule has 1 nitrogen and oxygen atoms in total. The van der Waals surface area contributed by atoms with Crippen molar-refractivity contribution in [2.24, 2.45) is 0 Å². The number of fused-ring (bicyclic) bond motifs is 6. The number of hydrogen-bond acceptors (Lipinski definition) is 1. The number of benzene rings is 3. The largest absolute Gasteiger partial charge is 0.294 e. The van der Waals surface area contributed by atoms with Gasteiger partial charge in [0.1, 0.15) is 0 Å². The fraction of sp³-hybridized carbons (Fsp3) is 0.0556. The van der Waals surface area contributed by atoms with Crippen LogP contribution >= 0.6 is 0 Å². The van der Waals surface area contributed by atoms with E-state index in [0.29, 0.717) is 6.42 Å². The van der Waals surface area contributed by atoms with Gasteiger partial charge in [-0.25, -0.2) is 0 Å². The maximum absolute atomic E-state index is 11.7. The first-order chi connectivity index (χ1) is 9.34. The summed E-state index contributed by atoms with van der Waals surface area (Å²) < 4.78 is 0. The van der Waals surface area contributed by atoms with Crippen LogP contribution in [0.2, 0.25) is 0 Å². The molecule has 0 atom stereocenters. The third-order valence-corrected chi connectivity index (χ3v) is 3.83. The Kier molecular flexibility index (Phi) is 2.10. The van der Waals surface area contributed by atoms with Gasteiger partial charge in [0, 0.05) is 6.42 Å². The van der Waals surface area contributed by atoms with E-state index >= 15 is 0 Å². The van der Waals surface area contributed by atoms with Crippen LogP contribution in [0.1, 0.15) is 6.42 Å². The zero-order chi connectivity index (χ0) is 12.8. The van der Waals surface area contributed by atoms with E-state index < -0.39 is 0 Å². The molecule has 0 radical (unpaired) electrons. The molecule has 0 aromatic heterocycles. The lowest BCUT2D eigenvalue weighted by Gasteiger charge is -2.09. The van der Waals surface area contributed by atoms with Crippen molar-refractivity contribution in [3.8, 4) is 0 Å². The van der Waals surface area contributed by atoms with Crippen LogP contribution in [-0.4, -0.2) is 5.78 Å². The lowest BCUT2D eigenvalue weighted by molar-refractivity contribution is -0.112. The molecule has 0 fully saturated rings. The van der Waals surface area contributed by atoms with Crippen molar-refractivity contribution in [2.75, 3.05) is 0 Å². The van der Waals surface area contributed by atoms with Gasteiger partial charge in [0.25, 0.3) is 0 Å². The quantitative estimate of drug-likeness (QED) is 0.555. The molecule has 0 N–H and O–H groups in total. The third kappa shape index (κ3) is 1.45. The van der Waals surface area contributed by atoms with Crippen molar-refractivity contribution in [2.45, 2.75) is 6.42 Å². The summed E-state index contributed by atoms with van der Waals surface area (Å²) in [6.45, 7) is 0. The molecule has 19 heavy (non-hydrogen) atoms. The second-order valence-corrected chi connectivity index (χ2v) is 4.94. The highest BCUT2D eigenvalue weighted by molar-refractivity contribution is 6.15. The molecular weight excluding hydrogens is 232 g/mol. The van der Waals surface area contributed by atoms with Gasteiger partial charge in [-0.05, 0) is 38.1 Å². The van der Waals surface area contributed by atoms with E-state index in [4.69, 9.17) is 0 Å². The van der Waals surface area contributed by atoms with Crippen molar-refractivity contribution >= 4 is 39.5 Å². The summed E-state index contributed by atoms with van der Waals surface area (Å²) in [4.78, 5) is 11.7. The molecule has 0 spiro atoms. The normalized spacial score (nSPS) is 14.0. The number of ketones is 1. The zero-order valence-corrected chi connectivity index (χ0v) is 10.4. The molecule has 0 heterocycles. The third-order valence-electron chi connectivity index (χ3n) is 3.83. The molecule has 0 saturated carbocycles. The zero-order valence-electron chi connectivity index (χ0n) is 10.4. The first-order valence-electron chi connectivity index (χ1n) is 6.49. The van der Waals surface area contributed by atoms with Crippen molar-refractivity contribution in [3.05, 3.63) is 59.0 Å². The molecule has 1 aliphatic rings. The molecule has 3 aromatic rings. The molecule has 1 heteroatoms. The fourth-order valence-corrected chi connectivity index (χ4v) is 2.99. The van der Waals surface area contributed by atoms with Crippen molar-refractivity contribution < 1.29 is 4.79 Å². The highest BCUT2D eigenvalue weighted by atomic mass is 16.1. The van der Waals surface area contributed by atoms with Crippen LogP contribution < -0.4 is 10.4 Å². The van der Waals surface area contributed by atoms with Gasteiger partial charge in [-0.3, -0.25) is 4.79 Å². The molecule has 0 bridgehead atoms. The van der Waals surface area contributed by atoms with Gasteiger partial charge >= 0.3 is 0 Å². The number of hydrogen-bond donors (Lipinski definition) is 0. The number of Topliss-reactive ketones (excluding diaryl/α,β-unsaturated/α-hetero) is 1. The van der Waals surface area contributed by atoms with E-state index in [0.717, 1.165) is 5.22 Å². The van der Waals surface area contributed by atoms with Gasteiger partial charge < -0.3 is 0 Å². The molecule has 0 aliphatic heterocycles. The Bertz CT molecular complexity index is 948. The summed E-state index contributed by atoms with van der Waals surface area (Å²) in [6, 6.07) is 16.7. The van der Waals surface area contributed by atoms with Gasteiger partial charge in [-0.1, -0.05) is 54.6 Å². The van der Waals surface area contributed by atoms with E-state index in [-0.39, 0.29) is 5.78 Å². The predicted octanol–water partition coefficient (Wildman–Crippen LogP) is 2.53. The van der Waals surface area contributed by atoms with Crippen LogP contribution in [-0.2, 0) is 4.79 Å². The number of carbonyl (C=O) groups excluding carboxylic acids is 1. The van der Waals surface area contributed by atoms with E-state index in [1.807, 2.05) is 6.07 Å². The lowest BCUT2D eigenvalue weighted by atomic mass is 9.94. The average Bonchev–Trinajstić information content (AvgIpc) is 2.47. The second kappa shape index (κ2) is 3.79. The van der Waals surface area contributed by atoms with Gasteiger partial charge in [0.05, 0.1) is 0 Å². The molecule has 1 aliphatic carbocycles. The lowest BCUT2D eigenvalue weighted by Crippen LogP contribution is -2.30. The van der Waals surface area contributed by atoms with Gasteiger partial charge in [0.15, 0.2) is 5.78 Å². The molecule has 90 valence electrons. The Morgan fingerprint density at radius 1 is 0.684 bits per heavy atom. The monoisotopic (exact) mass is 244 g/mol. The molecule has 0 amide bonds. The van der Waals surface area contributed by atoms with E-state index in [1.165, 1.54) is 26.8 Å². The van der Waals surface area contributed by atoms with Crippen molar-refractivity contribution in [3.63, 3.8) is 0 Å². The van der Waals surface area contributed by atoms with Gasteiger partial charge in [0.2, 0.25) is 0 Å². The van der Waals surface area contributed by atoms with Crippen LogP contribution in [0.15, 0.2) is 48.5 Å². The van der Waals surface area contributed by atoms with Crippen LogP contribution in [0.4, 0.5) is 0 Å².